The average molecular weight is 307 g/mol. The molecule has 0 radical (unpaired) electrons. The highest BCUT2D eigenvalue weighted by Crippen LogP contribution is 2.48. The average Bonchev–Trinajstić information content (AvgIpc) is 3.16. The van der Waals surface area contributed by atoms with Crippen molar-refractivity contribution in [1.82, 2.24) is 4.98 Å². The van der Waals surface area contributed by atoms with Crippen molar-refractivity contribution in [3.8, 4) is 0 Å². The van der Waals surface area contributed by atoms with Gasteiger partial charge in [0, 0.05) is 23.5 Å². The Morgan fingerprint density at radius 2 is 1.83 bits per heavy atom. The topological polar surface area (TPSA) is 82.1 Å². The number of aliphatic carboxylic acids is 1. The van der Waals surface area contributed by atoms with Gasteiger partial charge in [0.15, 0.2) is 0 Å². The van der Waals surface area contributed by atoms with E-state index in [1.54, 1.807) is 12.3 Å². The quantitative estimate of drug-likeness (QED) is 0.868. The van der Waals surface area contributed by atoms with E-state index >= 15 is 0 Å². The second-order valence-electron chi connectivity index (χ2n) is 6.19. The minimum Gasteiger partial charge on any atom is -0.550 e. The molecule has 5 heteroatoms. The molecular formula is C18H15N2O3-. The highest BCUT2D eigenvalue weighted by atomic mass is 16.4. The molecule has 1 heterocycles. The SMILES string of the molecule is O=C([O-])[C@@H]1[C@H](C(=O)Nc2cccc3cccnc23)[C@@H]2C=C[C@H]1C2. The Bertz CT molecular complexity index is 825. The van der Waals surface area contributed by atoms with Crippen LogP contribution in [-0.2, 0) is 9.59 Å². The number of hydrogen-bond acceptors (Lipinski definition) is 4. The van der Waals surface area contributed by atoms with Crippen molar-refractivity contribution >= 4 is 28.5 Å². The van der Waals surface area contributed by atoms with Gasteiger partial charge in [0.25, 0.3) is 0 Å². The zero-order chi connectivity index (χ0) is 16.0. The molecule has 2 aromatic rings. The maximum absolute atomic E-state index is 12.7. The van der Waals surface area contributed by atoms with Gasteiger partial charge in [-0.2, -0.15) is 0 Å². The number of amides is 1. The number of carboxylic acids is 1. The minimum atomic E-state index is -1.14. The molecule has 0 saturated heterocycles. The number of aromatic nitrogens is 1. The summed E-state index contributed by atoms with van der Waals surface area (Å²) in [5.41, 5.74) is 1.31. The second-order valence-corrected chi connectivity index (χ2v) is 6.19. The number of carbonyl (C=O) groups is 2. The van der Waals surface area contributed by atoms with E-state index < -0.39 is 17.8 Å². The van der Waals surface area contributed by atoms with E-state index in [0.29, 0.717) is 17.6 Å². The number of fused-ring (bicyclic) bond motifs is 3. The van der Waals surface area contributed by atoms with Gasteiger partial charge in [0.1, 0.15) is 0 Å². The standard InChI is InChI=1S/C18H16N2O3/c21-17(14-11-6-7-12(9-11)15(14)18(22)23)20-13-5-1-3-10-4-2-8-19-16(10)13/h1-8,11-12,14-15H,9H2,(H,20,21)(H,22,23)/p-1/t11-,12+,14-,15+/m1/s1. The first kappa shape index (κ1) is 13.9. The van der Waals surface area contributed by atoms with Crippen LogP contribution in [0.15, 0.2) is 48.7 Å². The Kier molecular flexibility index (Phi) is 3.15. The highest BCUT2D eigenvalue weighted by molar-refractivity contribution is 6.02. The van der Waals surface area contributed by atoms with Crippen molar-refractivity contribution in [2.75, 3.05) is 5.32 Å². The fourth-order valence-corrected chi connectivity index (χ4v) is 3.92. The molecule has 1 fully saturated rings. The van der Waals surface area contributed by atoms with Crippen molar-refractivity contribution in [3.63, 3.8) is 0 Å². The van der Waals surface area contributed by atoms with E-state index in [1.807, 2.05) is 36.4 Å². The molecule has 1 saturated carbocycles. The van der Waals surface area contributed by atoms with E-state index in [9.17, 15) is 14.7 Å². The molecule has 4 atom stereocenters. The smallest absolute Gasteiger partial charge is 0.228 e. The molecule has 2 aliphatic carbocycles. The van der Waals surface area contributed by atoms with E-state index in [2.05, 4.69) is 10.3 Å². The summed E-state index contributed by atoms with van der Waals surface area (Å²) >= 11 is 0. The molecule has 1 N–H and O–H groups in total. The first-order valence-electron chi connectivity index (χ1n) is 7.69. The summed E-state index contributed by atoms with van der Waals surface area (Å²) in [4.78, 5) is 28.4. The Labute approximate surface area is 133 Å². The van der Waals surface area contributed by atoms with Gasteiger partial charge in [-0.05, 0) is 30.4 Å². The molecule has 23 heavy (non-hydrogen) atoms. The van der Waals surface area contributed by atoms with Gasteiger partial charge in [0.2, 0.25) is 5.91 Å². The number of carbonyl (C=O) groups excluding carboxylic acids is 2. The van der Waals surface area contributed by atoms with Crippen molar-refractivity contribution in [3.05, 3.63) is 48.7 Å². The molecule has 0 unspecified atom stereocenters. The zero-order valence-electron chi connectivity index (χ0n) is 12.3. The number of allylic oxidation sites excluding steroid dienone is 2. The molecule has 4 rings (SSSR count). The van der Waals surface area contributed by atoms with Crippen LogP contribution in [0.2, 0.25) is 0 Å². The lowest BCUT2D eigenvalue weighted by Crippen LogP contribution is -2.42. The lowest BCUT2D eigenvalue weighted by Gasteiger charge is -2.27. The molecular weight excluding hydrogens is 292 g/mol. The van der Waals surface area contributed by atoms with Gasteiger partial charge in [-0.1, -0.05) is 30.4 Å². The van der Waals surface area contributed by atoms with Crippen LogP contribution in [0.4, 0.5) is 5.69 Å². The lowest BCUT2D eigenvalue weighted by molar-refractivity contribution is -0.313. The Morgan fingerprint density at radius 3 is 2.61 bits per heavy atom. The van der Waals surface area contributed by atoms with Crippen LogP contribution in [0, 0.1) is 23.7 Å². The summed E-state index contributed by atoms with van der Waals surface area (Å²) in [6.45, 7) is 0. The van der Waals surface area contributed by atoms with Gasteiger partial charge in [-0.3, -0.25) is 9.78 Å². The number of hydrogen-bond donors (Lipinski definition) is 1. The number of pyridine rings is 1. The molecule has 1 amide bonds. The fourth-order valence-electron chi connectivity index (χ4n) is 3.92. The molecule has 116 valence electrons. The highest BCUT2D eigenvalue weighted by Gasteiger charge is 2.48. The second kappa shape index (κ2) is 5.19. The van der Waals surface area contributed by atoms with E-state index in [0.717, 1.165) is 5.39 Å². The van der Waals surface area contributed by atoms with Gasteiger partial charge in [0.05, 0.1) is 17.1 Å². The summed E-state index contributed by atoms with van der Waals surface area (Å²) in [5.74, 6) is -2.84. The molecule has 1 aromatic heterocycles. The van der Waals surface area contributed by atoms with Gasteiger partial charge >= 0.3 is 0 Å². The van der Waals surface area contributed by atoms with Crippen LogP contribution < -0.4 is 10.4 Å². The van der Waals surface area contributed by atoms with Crippen molar-refractivity contribution in [2.24, 2.45) is 23.7 Å². The number of carboxylic acid groups (broad SMARTS) is 1. The summed E-state index contributed by atoms with van der Waals surface area (Å²) in [5, 5.41) is 15.2. The summed E-state index contributed by atoms with van der Waals surface area (Å²) < 4.78 is 0. The predicted octanol–water partition coefficient (Wildman–Crippen LogP) is 1.36. The maximum Gasteiger partial charge on any atom is 0.228 e. The zero-order valence-corrected chi connectivity index (χ0v) is 12.3. The fraction of sp³-hybridized carbons (Fsp3) is 0.278. The van der Waals surface area contributed by atoms with Crippen LogP contribution >= 0.6 is 0 Å². The van der Waals surface area contributed by atoms with Crippen molar-refractivity contribution in [2.45, 2.75) is 6.42 Å². The Hall–Kier alpha value is -2.69. The first-order valence-corrected chi connectivity index (χ1v) is 7.69. The number of nitrogens with one attached hydrogen (secondary N) is 1. The molecule has 2 bridgehead atoms. The lowest BCUT2D eigenvalue weighted by atomic mass is 9.82. The number of nitrogens with zero attached hydrogens (tertiary/aromatic N) is 1. The number of anilines is 1. The molecule has 2 aliphatic rings. The molecule has 0 aliphatic heterocycles. The Balaban J connectivity index is 1.65. The van der Waals surface area contributed by atoms with Crippen LogP contribution in [-0.4, -0.2) is 16.9 Å². The number of para-hydroxylation sites is 1. The molecule has 0 spiro atoms. The number of benzene rings is 1. The monoisotopic (exact) mass is 307 g/mol. The van der Waals surface area contributed by atoms with Crippen molar-refractivity contribution in [1.29, 1.82) is 0 Å². The van der Waals surface area contributed by atoms with Crippen LogP contribution in [0.3, 0.4) is 0 Å². The van der Waals surface area contributed by atoms with E-state index in [-0.39, 0.29) is 17.7 Å². The summed E-state index contributed by atoms with van der Waals surface area (Å²) in [6, 6.07) is 9.30. The predicted molar refractivity (Wildman–Crippen MR) is 83.1 cm³/mol. The molecule has 1 aromatic carbocycles. The van der Waals surface area contributed by atoms with Crippen LogP contribution in [0.1, 0.15) is 6.42 Å². The molecule has 5 nitrogen and oxygen atoms in total. The third-order valence-corrected chi connectivity index (χ3v) is 4.92. The van der Waals surface area contributed by atoms with E-state index in [1.165, 1.54) is 0 Å². The summed E-state index contributed by atoms with van der Waals surface area (Å²) in [7, 11) is 0. The maximum atomic E-state index is 12.7. The van der Waals surface area contributed by atoms with Crippen molar-refractivity contribution < 1.29 is 14.7 Å². The normalized spacial score (nSPS) is 28.2. The number of rotatable bonds is 3. The van der Waals surface area contributed by atoms with Gasteiger partial charge in [-0.15, -0.1) is 0 Å². The van der Waals surface area contributed by atoms with Crippen LogP contribution in [0.5, 0.6) is 0 Å². The Morgan fingerprint density at radius 1 is 1.09 bits per heavy atom. The third-order valence-electron chi connectivity index (χ3n) is 4.92. The largest absolute Gasteiger partial charge is 0.550 e. The van der Waals surface area contributed by atoms with E-state index in [4.69, 9.17) is 0 Å². The minimum absolute atomic E-state index is 0.0224. The first-order chi connectivity index (χ1) is 11.1. The third kappa shape index (κ3) is 2.20. The van der Waals surface area contributed by atoms with Gasteiger partial charge in [-0.25, -0.2) is 0 Å². The summed E-state index contributed by atoms with van der Waals surface area (Å²) in [6.07, 6.45) is 6.23. The van der Waals surface area contributed by atoms with Crippen LogP contribution in [0.25, 0.3) is 10.9 Å². The van der Waals surface area contributed by atoms with Gasteiger partial charge < -0.3 is 15.2 Å².